The molecule has 114 valence electrons. The monoisotopic (exact) mass is 295 g/mol. The normalized spacial score (nSPS) is 24.3. The zero-order chi connectivity index (χ0) is 15.0. The van der Waals surface area contributed by atoms with Gasteiger partial charge in [-0.15, -0.1) is 0 Å². The van der Waals surface area contributed by atoms with Crippen molar-refractivity contribution in [2.75, 3.05) is 20.4 Å². The highest BCUT2D eigenvalue weighted by Crippen LogP contribution is 2.38. The molecule has 0 unspecified atom stereocenters. The van der Waals surface area contributed by atoms with Gasteiger partial charge in [0.15, 0.2) is 11.5 Å². The van der Waals surface area contributed by atoms with Gasteiger partial charge in [0.05, 0.1) is 13.2 Å². The van der Waals surface area contributed by atoms with Gasteiger partial charge in [0.25, 0.3) is 0 Å². The van der Waals surface area contributed by atoms with Gasteiger partial charge in [0.1, 0.15) is 11.8 Å². The molecule has 2 aliphatic heterocycles. The van der Waals surface area contributed by atoms with Crippen LogP contribution in [-0.4, -0.2) is 53.7 Å². The summed E-state index contributed by atoms with van der Waals surface area (Å²) in [5, 5.41) is 19.8. The molecule has 7 heteroatoms. The predicted octanol–water partition coefficient (Wildman–Crippen LogP) is 0.229. The number of nitrogens with zero attached hydrogens (tertiary/aromatic N) is 1. The average molecular weight is 295 g/mol. The van der Waals surface area contributed by atoms with Gasteiger partial charge in [-0.2, -0.15) is 0 Å². The summed E-state index contributed by atoms with van der Waals surface area (Å²) in [4.78, 5) is 13.5. The van der Waals surface area contributed by atoms with E-state index in [2.05, 4.69) is 0 Å². The number of hydrogen-bond acceptors (Lipinski definition) is 7. The van der Waals surface area contributed by atoms with Crippen molar-refractivity contribution in [2.45, 2.75) is 25.1 Å². The van der Waals surface area contributed by atoms with Gasteiger partial charge in [-0.3, -0.25) is 9.69 Å². The van der Waals surface area contributed by atoms with Gasteiger partial charge in [-0.1, -0.05) is 0 Å². The quantitative estimate of drug-likeness (QED) is 0.772. The number of likely N-dealkylation sites (tertiary alicyclic amines) is 1. The fourth-order valence-electron chi connectivity index (χ4n) is 2.75. The van der Waals surface area contributed by atoms with E-state index < -0.39 is 12.1 Å². The SMILES string of the molecule is COC(=O)[C@@H]1C[C@H](O)CN1Cc1cc2c(cc1O)OCO2. The lowest BCUT2D eigenvalue weighted by Gasteiger charge is -2.22. The Balaban J connectivity index is 1.81. The minimum atomic E-state index is -0.578. The van der Waals surface area contributed by atoms with Gasteiger partial charge in [-0.05, 0) is 6.07 Å². The molecule has 2 atom stereocenters. The molecule has 2 N–H and O–H groups in total. The summed E-state index contributed by atoms with van der Waals surface area (Å²) in [7, 11) is 1.32. The third kappa shape index (κ3) is 2.62. The highest BCUT2D eigenvalue weighted by Gasteiger charge is 2.37. The molecule has 1 aromatic rings. The van der Waals surface area contributed by atoms with Crippen LogP contribution in [0.1, 0.15) is 12.0 Å². The molecule has 1 fully saturated rings. The highest BCUT2D eigenvalue weighted by atomic mass is 16.7. The Bertz CT molecular complexity index is 561. The molecule has 3 rings (SSSR count). The lowest BCUT2D eigenvalue weighted by molar-refractivity contribution is -0.146. The number of hydrogen-bond donors (Lipinski definition) is 2. The van der Waals surface area contributed by atoms with Gasteiger partial charge < -0.3 is 24.4 Å². The van der Waals surface area contributed by atoms with Gasteiger partial charge in [0, 0.05) is 31.1 Å². The van der Waals surface area contributed by atoms with Crippen LogP contribution in [0.25, 0.3) is 0 Å². The first-order valence-electron chi connectivity index (χ1n) is 6.70. The van der Waals surface area contributed by atoms with Crippen LogP contribution in [0.5, 0.6) is 17.2 Å². The number of aliphatic hydroxyl groups is 1. The number of ether oxygens (including phenoxy) is 3. The van der Waals surface area contributed by atoms with Crippen molar-refractivity contribution in [2.24, 2.45) is 0 Å². The Kier molecular flexibility index (Phi) is 3.60. The van der Waals surface area contributed by atoms with Crippen molar-refractivity contribution in [3.8, 4) is 17.2 Å². The lowest BCUT2D eigenvalue weighted by atomic mass is 10.1. The predicted molar refractivity (Wildman–Crippen MR) is 71.1 cm³/mol. The number of benzene rings is 1. The second-order valence-corrected chi connectivity index (χ2v) is 5.19. The molecule has 2 aliphatic rings. The summed E-state index contributed by atoms with van der Waals surface area (Å²) in [6, 6.07) is 2.68. The van der Waals surface area contributed by atoms with E-state index in [1.807, 2.05) is 0 Å². The summed E-state index contributed by atoms with van der Waals surface area (Å²) >= 11 is 0. The molecule has 0 aliphatic carbocycles. The van der Waals surface area contributed by atoms with Crippen LogP contribution < -0.4 is 9.47 Å². The van der Waals surface area contributed by atoms with Crippen molar-refractivity contribution in [1.82, 2.24) is 4.90 Å². The van der Waals surface area contributed by atoms with Crippen LogP contribution >= 0.6 is 0 Å². The maximum Gasteiger partial charge on any atom is 0.323 e. The fourth-order valence-corrected chi connectivity index (χ4v) is 2.75. The lowest BCUT2D eigenvalue weighted by Crippen LogP contribution is -2.36. The summed E-state index contributed by atoms with van der Waals surface area (Å²) in [5.74, 6) is 0.760. The summed E-state index contributed by atoms with van der Waals surface area (Å²) < 4.78 is 15.2. The van der Waals surface area contributed by atoms with E-state index in [1.54, 1.807) is 11.0 Å². The number of esters is 1. The Morgan fingerprint density at radius 2 is 2.14 bits per heavy atom. The molecule has 7 nitrogen and oxygen atoms in total. The van der Waals surface area contributed by atoms with Crippen LogP contribution in [0.4, 0.5) is 0 Å². The van der Waals surface area contributed by atoms with Crippen LogP contribution in [0, 0.1) is 0 Å². The molecule has 0 bridgehead atoms. The van der Waals surface area contributed by atoms with Crippen LogP contribution in [0.15, 0.2) is 12.1 Å². The Hall–Kier alpha value is -1.99. The number of aliphatic hydroxyl groups excluding tert-OH is 1. The third-order valence-corrected chi connectivity index (χ3v) is 3.80. The van der Waals surface area contributed by atoms with Gasteiger partial charge in [0.2, 0.25) is 6.79 Å². The maximum absolute atomic E-state index is 11.8. The molecule has 0 radical (unpaired) electrons. The van der Waals surface area contributed by atoms with Crippen molar-refractivity contribution < 1.29 is 29.2 Å². The number of fused-ring (bicyclic) bond motifs is 1. The Morgan fingerprint density at radius 1 is 1.43 bits per heavy atom. The van der Waals surface area contributed by atoms with Crippen molar-refractivity contribution in [3.05, 3.63) is 17.7 Å². The van der Waals surface area contributed by atoms with Crippen molar-refractivity contribution >= 4 is 5.97 Å². The van der Waals surface area contributed by atoms with E-state index in [9.17, 15) is 15.0 Å². The average Bonchev–Trinajstić information content (AvgIpc) is 3.04. The molecule has 1 saturated heterocycles. The van der Waals surface area contributed by atoms with Crippen LogP contribution in [0.3, 0.4) is 0 Å². The van der Waals surface area contributed by atoms with Crippen LogP contribution in [0.2, 0.25) is 0 Å². The molecule has 0 aromatic heterocycles. The van der Waals surface area contributed by atoms with Crippen molar-refractivity contribution in [3.63, 3.8) is 0 Å². The molecule has 21 heavy (non-hydrogen) atoms. The minimum absolute atomic E-state index is 0.0734. The molecule has 1 aromatic carbocycles. The number of β-amino-alcohol motifs (C(OH)–C–C–N with tert-alkyl or cyclic N) is 1. The number of methoxy groups -OCH3 is 1. The number of phenols is 1. The number of aromatic hydroxyl groups is 1. The highest BCUT2D eigenvalue weighted by molar-refractivity contribution is 5.76. The Labute approximate surface area is 121 Å². The molecular formula is C14H17NO6. The zero-order valence-corrected chi connectivity index (χ0v) is 11.6. The molecule has 0 spiro atoms. The van der Waals surface area contributed by atoms with Gasteiger partial charge >= 0.3 is 5.97 Å². The van der Waals surface area contributed by atoms with E-state index >= 15 is 0 Å². The molecular weight excluding hydrogens is 278 g/mol. The Morgan fingerprint density at radius 3 is 2.86 bits per heavy atom. The topological polar surface area (TPSA) is 88.5 Å². The number of phenolic OH excluding ortho intramolecular Hbond substituents is 1. The summed E-state index contributed by atoms with van der Waals surface area (Å²) in [5.41, 5.74) is 0.613. The fraction of sp³-hybridized carbons (Fsp3) is 0.500. The first-order chi connectivity index (χ1) is 10.1. The first-order valence-corrected chi connectivity index (χ1v) is 6.70. The number of carbonyl (C=O) groups is 1. The van der Waals surface area contributed by atoms with E-state index in [0.29, 0.717) is 36.6 Å². The third-order valence-electron chi connectivity index (χ3n) is 3.80. The van der Waals surface area contributed by atoms with Crippen LogP contribution in [-0.2, 0) is 16.1 Å². The maximum atomic E-state index is 11.8. The first kappa shape index (κ1) is 14.0. The van der Waals surface area contributed by atoms with E-state index in [0.717, 1.165) is 0 Å². The standard InChI is InChI=1S/C14H17NO6/c1-19-14(18)10-3-9(16)6-15(10)5-8-2-12-13(4-11(8)17)21-7-20-12/h2,4,9-10,16-17H,3,5-7H2,1H3/t9-,10-/m0/s1. The largest absolute Gasteiger partial charge is 0.507 e. The number of rotatable bonds is 3. The second kappa shape index (κ2) is 5.42. The smallest absolute Gasteiger partial charge is 0.323 e. The van der Waals surface area contributed by atoms with E-state index in [4.69, 9.17) is 14.2 Å². The number of carbonyl (C=O) groups excluding carboxylic acids is 1. The molecule has 0 saturated carbocycles. The van der Waals surface area contributed by atoms with Crippen molar-refractivity contribution in [1.29, 1.82) is 0 Å². The molecule has 2 heterocycles. The zero-order valence-electron chi connectivity index (χ0n) is 11.6. The van der Waals surface area contributed by atoms with E-state index in [1.165, 1.54) is 13.2 Å². The molecule has 0 amide bonds. The van der Waals surface area contributed by atoms with E-state index in [-0.39, 0.29) is 18.5 Å². The second-order valence-electron chi connectivity index (χ2n) is 5.19. The summed E-state index contributed by atoms with van der Waals surface area (Å²) in [6.07, 6.45) is -0.247. The summed E-state index contributed by atoms with van der Waals surface area (Å²) in [6.45, 7) is 0.804. The van der Waals surface area contributed by atoms with Gasteiger partial charge in [-0.25, -0.2) is 0 Å². The minimum Gasteiger partial charge on any atom is -0.507 e.